The average molecular weight is 317 g/mol. The first-order chi connectivity index (χ1) is 12.4. The third-order valence-electron chi connectivity index (χ3n) is 4.90. The van der Waals surface area contributed by atoms with Crippen LogP contribution in [0, 0.1) is 6.42 Å². The van der Waals surface area contributed by atoms with E-state index in [1.54, 1.807) is 0 Å². The maximum Gasteiger partial charge on any atom is 0.0211 e. The van der Waals surface area contributed by atoms with E-state index in [0.29, 0.717) is 0 Å². The summed E-state index contributed by atoms with van der Waals surface area (Å²) in [5.41, 5.74) is 7.70. The third kappa shape index (κ3) is 2.47. The van der Waals surface area contributed by atoms with Gasteiger partial charge in [-0.05, 0) is 56.3 Å². The lowest BCUT2D eigenvalue weighted by Crippen LogP contribution is -1.89. The van der Waals surface area contributed by atoms with Gasteiger partial charge in [-0.1, -0.05) is 84.9 Å². The van der Waals surface area contributed by atoms with E-state index in [1.807, 2.05) is 0 Å². The van der Waals surface area contributed by atoms with Gasteiger partial charge in [0.25, 0.3) is 0 Å². The summed E-state index contributed by atoms with van der Waals surface area (Å²) in [6.07, 6.45) is 4.60. The second-order valence-corrected chi connectivity index (χ2v) is 6.48. The van der Waals surface area contributed by atoms with Crippen molar-refractivity contribution in [3.8, 4) is 11.1 Å². The van der Waals surface area contributed by atoms with E-state index in [1.165, 1.54) is 44.2 Å². The largest absolute Gasteiger partial charge is 0.0622 e. The summed E-state index contributed by atoms with van der Waals surface area (Å²) in [7, 11) is 0. The molecule has 4 aromatic rings. The number of hydrogen-bond acceptors (Lipinski definition) is 0. The van der Waals surface area contributed by atoms with Crippen LogP contribution < -0.4 is 0 Å². The lowest BCUT2D eigenvalue weighted by molar-refractivity contribution is 1.54. The summed E-state index contributed by atoms with van der Waals surface area (Å²) in [5.74, 6) is 0. The van der Waals surface area contributed by atoms with Gasteiger partial charge in [0.15, 0.2) is 0 Å². The minimum absolute atomic E-state index is 1.26. The predicted molar refractivity (Wildman–Crippen MR) is 107 cm³/mol. The Labute approximate surface area is 148 Å². The van der Waals surface area contributed by atoms with Gasteiger partial charge in [-0.2, -0.15) is 0 Å². The van der Waals surface area contributed by atoms with Gasteiger partial charge in [0, 0.05) is 6.42 Å². The van der Waals surface area contributed by atoms with Gasteiger partial charge >= 0.3 is 0 Å². The number of rotatable bonds is 2. The minimum Gasteiger partial charge on any atom is -0.0622 e. The Morgan fingerprint density at radius 2 is 1.24 bits per heavy atom. The van der Waals surface area contributed by atoms with Crippen molar-refractivity contribution in [3.05, 3.63) is 114 Å². The Morgan fingerprint density at radius 3 is 2.08 bits per heavy atom. The Bertz CT molecular complexity index is 1100. The van der Waals surface area contributed by atoms with E-state index in [-0.39, 0.29) is 0 Å². The van der Waals surface area contributed by atoms with Crippen molar-refractivity contribution in [1.29, 1.82) is 0 Å². The monoisotopic (exact) mass is 317 g/mol. The fraction of sp³-hybridized carbons (Fsp3) is 0. The molecule has 25 heavy (non-hydrogen) atoms. The van der Waals surface area contributed by atoms with E-state index in [9.17, 15) is 0 Å². The molecule has 0 amide bonds. The fourth-order valence-corrected chi connectivity index (χ4v) is 3.65. The van der Waals surface area contributed by atoms with Crippen molar-refractivity contribution in [3.63, 3.8) is 0 Å². The topological polar surface area (TPSA) is 0 Å². The van der Waals surface area contributed by atoms with E-state index in [4.69, 9.17) is 0 Å². The third-order valence-corrected chi connectivity index (χ3v) is 4.90. The normalized spacial score (nSPS) is 12.9. The molecule has 0 aliphatic heterocycles. The standard InChI is InChI=1S/C25H17/c1-2-8-18(9-3-1)22-16-21-12-6-7-13-24(21)25(17-22)23-14-19-10-4-5-11-20(19)15-23/h1-17H. The van der Waals surface area contributed by atoms with E-state index in [0.717, 1.165) is 0 Å². The van der Waals surface area contributed by atoms with Crippen LogP contribution >= 0.6 is 0 Å². The molecule has 1 aliphatic rings. The highest BCUT2D eigenvalue weighted by atomic mass is 14.2. The highest BCUT2D eigenvalue weighted by Gasteiger charge is 2.16. The average Bonchev–Trinajstić information content (AvgIpc) is 3.12. The highest BCUT2D eigenvalue weighted by molar-refractivity contribution is 6.05. The van der Waals surface area contributed by atoms with Gasteiger partial charge in [-0.15, -0.1) is 0 Å². The van der Waals surface area contributed by atoms with Gasteiger partial charge in [-0.25, -0.2) is 0 Å². The molecule has 0 heteroatoms. The second-order valence-electron chi connectivity index (χ2n) is 6.48. The van der Waals surface area contributed by atoms with E-state index in [2.05, 4.69) is 103 Å². The quantitative estimate of drug-likeness (QED) is 0.390. The molecule has 0 unspecified atom stereocenters. The van der Waals surface area contributed by atoms with Crippen LogP contribution in [-0.4, -0.2) is 0 Å². The van der Waals surface area contributed by atoms with Crippen molar-refractivity contribution < 1.29 is 0 Å². The van der Waals surface area contributed by atoms with Crippen LogP contribution in [0.1, 0.15) is 16.7 Å². The van der Waals surface area contributed by atoms with Gasteiger partial charge in [0.05, 0.1) is 0 Å². The van der Waals surface area contributed by atoms with Crippen LogP contribution in [-0.2, 0) is 0 Å². The molecule has 0 atom stereocenters. The minimum atomic E-state index is 1.26. The zero-order chi connectivity index (χ0) is 16.6. The molecule has 0 saturated heterocycles. The van der Waals surface area contributed by atoms with E-state index >= 15 is 0 Å². The van der Waals surface area contributed by atoms with E-state index < -0.39 is 0 Å². The molecule has 0 N–H and O–H groups in total. The van der Waals surface area contributed by atoms with Crippen LogP contribution in [0.25, 0.3) is 33.5 Å². The molecule has 0 nitrogen and oxygen atoms in total. The summed E-state index contributed by atoms with van der Waals surface area (Å²) in [6.45, 7) is 0. The molecular formula is C25H17. The summed E-state index contributed by atoms with van der Waals surface area (Å²) >= 11 is 0. The SMILES string of the molecule is [CH]1C(c2cc(-c3ccccc3)cc3ccccc23)=Cc2ccccc21. The van der Waals surface area contributed by atoms with Crippen molar-refractivity contribution in [2.24, 2.45) is 0 Å². The first kappa shape index (κ1) is 14.2. The summed E-state index contributed by atoms with van der Waals surface area (Å²) < 4.78 is 0. The van der Waals surface area contributed by atoms with Crippen LogP contribution in [0.3, 0.4) is 0 Å². The summed E-state index contributed by atoms with van der Waals surface area (Å²) in [5, 5.41) is 2.58. The highest BCUT2D eigenvalue weighted by Crippen LogP contribution is 2.38. The number of benzene rings is 4. The number of allylic oxidation sites excluding steroid dienone is 1. The zero-order valence-corrected chi connectivity index (χ0v) is 13.8. The maximum atomic E-state index is 2.33. The van der Waals surface area contributed by atoms with Crippen molar-refractivity contribution >= 4 is 22.4 Å². The molecule has 4 aromatic carbocycles. The predicted octanol–water partition coefficient (Wildman–Crippen LogP) is 6.61. The molecule has 0 spiro atoms. The van der Waals surface area contributed by atoms with Crippen molar-refractivity contribution in [2.45, 2.75) is 0 Å². The number of fused-ring (bicyclic) bond motifs is 2. The smallest absolute Gasteiger partial charge is 0.0211 e. The van der Waals surface area contributed by atoms with Crippen LogP contribution in [0.5, 0.6) is 0 Å². The molecule has 0 fully saturated rings. The molecule has 0 bridgehead atoms. The van der Waals surface area contributed by atoms with Gasteiger partial charge in [0.2, 0.25) is 0 Å². The molecule has 5 rings (SSSR count). The Hall–Kier alpha value is -3.12. The molecule has 1 radical (unpaired) electrons. The van der Waals surface area contributed by atoms with Crippen molar-refractivity contribution in [1.82, 2.24) is 0 Å². The number of hydrogen-bond donors (Lipinski definition) is 0. The van der Waals surface area contributed by atoms with Crippen LogP contribution in [0.15, 0.2) is 91.0 Å². The first-order valence-corrected chi connectivity index (χ1v) is 8.62. The van der Waals surface area contributed by atoms with Gasteiger partial charge in [-0.3, -0.25) is 0 Å². The molecule has 0 saturated carbocycles. The van der Waals surface area contributed by atoms with Gasteiger partial charge < -0.3 is 0 Å². The van der Waals surface area contributed by atoms with Gasteiger partial charge in [0.1, 0.15) is 0 Å². The molecule has 0 aromatic heterocycles. The zero-order valence-electron chi connectivity index (χ0n) is 13.8. The Kier molecular flexibility index (Phi) is 3.28. The summed E-state index contributed by atoms with van der Waals surface area (Å²) in [4.78, 5) is 0. The van der Waals surface area contributed by atoms with Crippen LogP contribution in [0.4, 0.5) is 0 Å². The molecule has 1 aliphatic carbocycles. The Morgan fingerprint density at radius 1 is 0.520 bits per heavy atom. The lowest BCUT2D eigenvalue weighted by Gasteiger charge is -2.12. The molecule has 0 heterocycles. The Balaban J connectivity index is 1.73. The molecule has 117 valence electrons. The second kappa shape index (κ2) is 5.75. The first-order valence-electron chi connectivity index (χ1n) is 8.62. The summed E-state index contributed by atoms with van der Waals surface area (Å²) in [6, 6.07) is 32.5. The fourth-order valence-electron chi connectivity index (χ4n) is 3.65. The maximum absolute atomic E-state index is 2.33. The van der Waals surface area contributed by atoms with Crippen molar-refractivity contribution in [2.75, 3.05) is 0 Å². The lowest BCUT2D eigenvalue weighted by atomic mass is 9.92. The van der Waals surface area contributed by atoms with Crippen LogP contribution in [0.2, 0.25) is 0 Å². The molecular weight excluding hydrogens is 300 g/mol.